The average Bonchev–Trinajstić information content (AvgIpc) is 3.19. The number of aliphatic hydroxyl groups excluding tert-OH is 2. The van der Waals surface area contributed by atoms with E-state index in [-0.39, 0.29) is 42.1 Å². The first-order chi connectivity index (χ1) is 26.5. The smallest absolute Gasteiger partial charge is 0.231 e. The van der Waals surface area contributed by atoms with Gasteiger partial charge in [0.25, 0.3) is 0 Å². The Hall–Kier alpha value is -4.41. The summed E-state index contributed by atoms with van der Waals surface area (Å²) in [6, 6.07) is 28.1. The van der Waals surface area contributed by atoms with E-state index in [9.17, 15) is 15.0 Å². The van der Waals surface area contributed by atoms with Crippen molar-refractivity contribution in [2.24, 2.45) is 22.9 Å². The summed E-state index contributed by atoms with van der Waals surface area (Å²) in [5.74, 6) is 0.890. The molecular weight excluding hydrogens is 699 g/mol. The number of aldehydes is 1. The highest BCUT2D eigenvalue weighted by atomic mass is 32.2. The van der Waals surface area contributed by atoms with Crippen LogP contribution in [0.2, 0.25) is 0 Å². The van der Waals surface area contributed by atoms with Crippen molar-refractivity contribution in [1.29, 1.82) is 0 Å². The van der Waals surface area contributed by atoms with Gasteiger partial charge in [0.15, 0.2) is 0 Å². The van der Waals surface area contributed by atoms with Crippen LogP contribution < -0.4 is 9.47 Å². The van der Waals surface area contributed by atoms with Crippen molar-refractivity contribution in [1.82, 2.24) is 0 Å². The van der Waals surface area contributed by atoms with E-state index in [1.807, 2.05) is 24.3 Å². The molecule has 4 aromatic rings. The molecule has 3 aliphatic rings. The second-order valence-corrected chi connectivity index (χ2v) is 15.6. The van der Waals surface area contributed by atoms with E-state index in [1.165, 1.54) is 5.39 Å². The van der Waals surface area contributed by atoms with Crippen molar-refractivity contribution in [2.75, 3.05) is 26.9 Å². The molecular formula is C45H49NO7S. The minimum atomic E-state index is -1.09. The molecule has 0 bridgehead atoms. The summed E-state index contributed by atoms with van der Waals surface area (Å²) in [5, 5.41) is 26.5. The van der Waals surface area contributed by atoms with Gasteiger partial charge in [0, 0.05) is 41.6 Å². The van der Waals surface area contributed by atoms with E-state index >= 15 is 0 Å². The number of allylic oxidation sites excluding steroid dienone is 1. The van der Waals surface area contributed by atoms with Gasteiger partial charge < -0.3 is 29.3 Å². The second kappa shape index (κ2) is 17.4. The van der Waals surface area contributed by atoms with E-state index in [4.69, 9.17) is 24.2 Å². The average molecular weight is 748 g/mol. The van der Waals surface area contributed by atoms with E-state index in [1.54, 1.807) is 37.1 Å². The number of nitrogens with zero attached hydrogens (tertiary/aromatic N) is 1. The number of oxime groups is 1. The monoisotopic (exact) mass is 747 g/mol. The fourth-order valence-corrected chi connectivity index (χ4v) is 10.1. The number of aliphatic hydroxyl groups is 2. The van der Waals surface area contributed by atoms with Crippen molar-refractivity contribution >= 4 is 34.5 Å². The molecule has 6 atom stereocenters. The number of benzene rings is 4. The highest BCUT2D eigenvalue weighted by Gasteiger charge is 2.64. The molecule has 0 spiro atoms. The fraction of sp³-hybridized carbons (Fsp3) is 0.378. The van der Waals surface area contributed by atoms with Gasteiger partial charge in [-0.05, 0) is 96.3 Å². The standard InChI is InChI=1S/C45H49NO7S/c1-3-23-51-45-42(54-36-19-17-31-12-4-5-13-32(31)25-36)28-40(46-50-2)38-26-33(14-6-8-21-47)37(16-7-9-22-48)43(44(38)45)39-27-35(18-20-41(39)53-45)52-34-15-10-11-30(24-34)29-49/h3-5,10-13,15,17-20,24-27,29,33,37,42-44,47-48H,1,6-9,14,16,21-23,28H2,2H3/t33-,37+,42-,43+,44+,45+/m0/s1. The van der Waals surface area contributed by atoms with Crippen molar-refractivity contribution in [3.8, 4) is 17.2 Å². The summed E-state index contributed by atoms with van der Waals surface area (Å²) < 4.78 is 20.8. The summed E-state index contributed by atoms with van der Waals surface area (Å²) in [4.78, 5) is 18.2. The number of ether oxygens (including phenoxy) is 3. The number of carbonyl (C=O) groups excluding carboxylic acids is 1. The molecule has 2 aliphatic carbocycles. The Morgan fingerprint density at radius 1 is 0.926 bits per heavy atom. The van der Waals surface area contributed by atoms with Gasteiger partial charge in [-0.2, -0.15) is 0 Å². The summed E-state index contributed by atoms with van der Waals surface area (Å²) in [7, 11) is 1.60. The molecule has 9 heteroatoms. The van der Waals surface area contributed by atoms with Gasteiger partial charge in [-0.1, -0.05) is 72.6 Å². The van der Waals surface area contributed by atoms with Crippen LogP contribution >= 0.6 is 11.8 Å². The first kappa shape index (κ1) is 37.9. The first-order valence-corrected chi connectivity index (χ1v) is 19.9. The van der Waals surface area contributed by atoms with Crippen LogP contribution in [0.1, 0.15) is 66.8 Å². The number of fused-ring (bicyclic) bond motifs is 3. The Morgan fingerprint density at radius 2 is 1.72 bits per heavy atom. The van der Waals surface area contributed by atoms with E-state index in [0.29, 0.717) is 36.5 Å². The lowest BCUT2D eigenvalue weighted by molar-refractivity contribution is -0.223. The van der Waals surface area contributed by atoms with E-state index in [0.717, 1.165) is 71.3 Å². The van der Waals surface area contributed by atoms with Crippen LogP contribution in [-0.2, 0) is 9.57 Å². The quantitative estimate of drug-likeness (QED) is 0.0476. The summed E-state index contributed by atoms with van der Waals surface area (Å²) in [5.41, 5.74) is 3.53. The number of rotatable bonds is 17. The molecule has 0 unspecified atom stereocenters. The summed E-state index contributed by atoms with van der Waals surface area (Å²) in [6.07, 6.45) is 10.5. The molecule has 54 heavy (non-hydrogen) atoms. The molecule has 1 aliphatic heterocycles. The largest absolute Gasteiger partial charge is 0.460 e. The highest BCUT2D eigenvalue weighted by molar-refractivity contribution is 8.00. The van der Waals surface area contributed by atoms with Gasteiger partial charge in [0.2, 0.25) is 5.79 Å². The van der Waals surface area contributed by atoms with Crippen molar-refractivity contribution in [3.63, 3.8) is 0 Å². The first-order valence-electron chi connectivity index (χ1n) is 19.0. The minimum absolute atomic E-state index is 0.0664. The predicted molar refractivity (Wildman–Crippen MR) is 214 cm³/mol. The predicted octanol–water partition coefficient (Wildman–Crippen LogP) is 9.50. The normalized spacial score (nSPS) is 24.9. The van der Waals surface area contributed by atoms with Gasteiger partial charge in [0.05, 0.1) is 23.5 Å². The third-order valence-electron chi connectivity index (χ3n) is 11.1. The van der Waals surface area contributed by atoms with Crippen LogP contribution in [-0.4, -0.2) is 60.2 Å². The van der Waals surface area contributed by atoms with Gasteiger partial charge in [-0.25, -0.2) is 0 Å². The summed E-state index contributed by atoms with van der Waals surface area (Å²) in [6.45, 7) is 4.61. The van der Waals surface area contributed by atoms with Crippen LogP contribution in [0.15, 0.2) is 119 Å². The molecule has 8 nitrogen and oxygen atoms in total. The molecule has 2 N–H and O–H groups in total. The zero-order chi connectivity index (χ0) is 37.5. The lowest BCUT2D eigenvalue weighted by Gasteiger charge is -2.58. The van der Waals surface area contributed by atoms with Crippen molar-refractivity contribution in [3.05, 3.63) is 120 Å². The van der Waals surface area contributed by atoms with Gasteiger partial charge in [-0.15, -0.1) is 18.3 Å². The van der Waals surface area contributed by atoms with Gasteiger partial charge in [0.1, 0.15) is 30.6 Å². The van der Waals surface area contributed by atoms with E-state index < -0.39 is 5.79 Å². The number of thioether (sulfide) groups is 1. The van der Waals surface area contributed by atoms with E-state index in [2.05, 4.69) is 61.2 Å². The minimum Gasteiger partial charge on any atom is -0.460 e. The van der Waals surface area contributed by atoms with Crippen LogP contribution in [0.3, 0.4) is 0 Å². The van der Waals surface area contributed by atoms with Crippen LogP contribution in [0.4, 0.5) is 0 Å². The van der Waals surface area contributed by atoms with Gasteiger partial charge >= 0.3 is 0 Å². The number of hydrogen-bond acceptors (Lipinski definition) is 9. The summed E-state index contributed by atoms with van der Waals surface area (Å²) >= 11 is 1.74. The molecule has 4 aromatic carbocycles. The molecule has 7 rings (SSSR count). The van der Waals surface area contributed by atoms with Crippen molar-refractivity contribution in [2.45, 2.75) is 66.8 Å². The van der Waals surface area contributed by atoms with Crippen LogP contribution in [0.5, 0.6) is 17.2 Å². The molecule has 1 saturated carbocycles. The highest BCUT2D eigenvalue weighted by Crippen LogP contribution is 2.63. The van der Waals surface area contributed by atoms with Crippen LogP contribution in [0, 0.1) is 17.8 Å². The second-order valence-electron chi connectivity index (χ2n) is 14.3. The molecule has 1 fully saturated rings. The Balaban J connectivity index is 1.40. The maximum absolute atomic E-state index is 11.6. The topological polar surface area (TPSA) is 107 Å². The Labute approximate surface area is 321 Å². The molecule has 0 aromatic heterocycles. The van der Waals surface area contributed by atoms with Gasteiger partial charge in [-0.3, -0.25) is 4.79 Å². The maximum atomic E-state index is 11.6. The number of unbranched alkanes of at least 4 members (excludes halogenated alkanes) is 2. The number of carbonyl (C=O) groups is 1. The molecule has 1 heterocycles. The Morgan fingerprint density at radius 3 is 2.50 bits per heavy atom. The third-order valence-corrected chi connectivity index (χ3v) is 12.4. The lowest BCUT2D eigenvalue weighted by Crippen LogP contribution is -2.64. The molecule has 0 radical (unpaired) electrons. The molecule has 0 amide bonds. The Bertz CT molecular complexity index is 2010. The maximum Gasteiger partial charge on any atom is 0.231 e. The third kappa shape index (κ3) is 7.73. The fourth-order valence-electron chi connectivity index (χ4n) is 8.79. The zero-order valence-electron chi connectivity index (χ0n) is 30.8. The number of hydrogen-bond donors (Lipinski definition) is 2. The zero-order valence-corrected chi connectivity index (χ0v) is 31.6. The van der Waals surface area contributed by atoms with Crippen LogP contribution in [0.25, 0.3) is 10.8 Å². The van der Waals surface area contributed by atoms with Crippen molar-refractivity contribution < 1.29 is 34.1 Å². The Kier molecular flexibility index (Phi) is 12.2. The molecule has 282 valence electrons. The molecule has 0 saturated heterocycles. The SMILES string of the molecule is C=CCO[C@@]12Oc3ccc(Oc4cccc(C=O)c4)cc3[C@H]3[C@H](CCCCO)[C@@H](CCCCO)C=C(C(=NOC)C[C@@H]1Sc1ccc4ccccc4c1)[C@H]32. The lowest BCUT2D eigenvalue weighted by atomic mass is 9.56.